The van der Waals surface area contributed by atoms with E-state index in [1.54, 1.807) is 0 Å². The molecule has 0 fully saturated rings. The van der Waals surface area contributed by atoms with Crippen LogP contribution in [0.25, 0.3) is 10.9 Å². The van der Waals surface area contributed by atoms with Crippen molar-refractivity contribution in [3.05, 3.63) is 102 Å². The Morgan fingerprint density at radius 3 is 2.04 bits per heavy atom. The zero-order chi connectivity index (χ0) is 33.9. The molecule has 0 aliphatic rings. The molecule has 2 aromatic heterocycles. The molecule has 2 heterocycles. The Labute approximate surface area is 251 Å². The van der Waals surface area contributed by atoms with Gasteiger partial charge in [-0.3, -0.25) is 10.2 Å². The molecule has 0 spiro atoms. The van der Waals surface area contributed by atoms with Crippen molar-refractivity contribution >= 4 is 34.6 Å². The first-order valence-corrected chi connectivity index (χ1v) is 12.7. The lowest BCUT2D eigenvalue weighted by Gasteiger charge is -2.12. The SMILES string of the molecule is C[n+]1ccc(CCNC(=O)c2cc3ccccc3n2Cc2cccc(C(=N)N)c2)cc1.O=C(O)C(F)(F)F.O=C([O-])C(F)(F)F. The average Bonchev–Trinajstić information content (AvgIpc) is 3.32. The number of fused-ring (bicyclic) bond motifs is 1. The number of aryl methyl sites for hydroxylation is 1. The minimum Gasteiger partial charge on any atom is -0.542 e. The summed E-state index contributed by atoms with van der Waals surface area (Å²) in [6, 6.07) is 21.6. The van der Waals surface area contributed by atoms with E-state index in [2.05, 4.69) is 17.4 Å². The van der Waals surface area contributed by atoms with Gasteiger partial charge in [-0.05, 0) is 35.7 Å². The number of carboxylic acid groups (broad SMARTS) is 2. The van der Waals surface area contributed by atoms with Crippen molar-refractivity contribution in [2.75, 3.05) is 6.54 Å². The number of nitrogens with one attached hydrogen (secondary N) is 2. The molecule has 0 radical (unpaired) electrons. The van der Waals surface area contributed by atoms with Gasteiger partial charge >= 0.3 is 18.3 Å². The quantitative estimate of drug-likeness (QED) is 0.105. The molecule has 5 N–H and O–H groups in total. The van der Waals surface area contributed by atoms with E-state index in [4.69, 9.17) is 30.9 Å². The number of nitrogen functional groups attached to an aromatic ring is 1. The number of carbonyl (C=O) groups excluding carboxylic acids is 2. The van der Waals surface area contributed by atoms with Gasteiger partial charge in [-0.15, -0.1) is 0 Å². The number of amidine groups is 1. The second kappa shape index (κ2) is 15.4. The highest BCUT2D eigenvalue weighted by atomic mass is 19.4. The molecule has 45 heavy (non-hydrogen) atoms. The van der Waals surface area contributed by atoms with Gasteiger partial charge in [0.1, 0.15) is 24.5 Å². The smallest absolute Gasteiger partial charge is 0.490 e. The fourth-order valence-corrected chi connectivity index (χ4v) is 3.70. The molecule has 1 amide bonds. The van der Waals surface area contributed by atoms with Gasteiger partial charge in [0.2, 0.25) is 0 Å². The number of carboxylic acids is 2. The van der Waals surface area contributed by atoms with E-state index in [1.165, 1.54) is 5.56 Å². The van der Waals surface area contributed by atoms with Crippen molar-refractivity contribution in [1.29, 1.82) is 5.41 Å². The molecule has 0 saturated carbocycles. The first-order chi connectivity index (χ1) is 20.9. The molecule has 0 bridgehead atoms. The highest BCUT2D eigenvalue weighted by molar-refractivity contribution is 5.99. The minimum absolute atomic E-state index is 0.0340. The number of nitrogens with zero attached hydrogens (tertiary/aromatic N) is 2. The van der Waals surface area contributed by atoms with Crippen LogP contribution in [-0.2, 0) is 29.6 Å². The summed E-state index contributed by atoms with van der Waals surface area (Å²) < 4.78 is 67.3. The summed E-state index contributed by atoms with van der Waals surface area (Å²) >= 11 is 0. The molecule has 0 aliphatic heterocycles. The first-order valence-electron chi connectivity index (χ1n) is 12.7. The maximum Gasteiger partial charge on any atom is 0.490 e. The van der Waals surface area contributed by atoms with Crippen molar-refractivity contribution in [3.8, 4) is 0 Å². The molecular weight excluding hydrogens is 612 g/mol. The predicted octanol–water partition coefficient (Wildman–Crippen LogP) is 2.70. The molecule has 0 atom stereocenters. The number of hydrogen-bond acceptors (Lipinski definition) is 5. The summed E-state index contributed by atoms with van der Waals surface area (Å²) in [6.07, 6.45) is -5.50. The molecule has 0 aliphatic carbocycles. The topological polar surface area (TPSA) is 165 Å². The van der Waals surface area contributed by atoms with E-state index in [9.17, 15) is 31.1 Å². The van der Waals surface area contributed by atoms with Crippen LogP contribution in [-0.4, -0.2) is 52.3 Å². The van der Waals surface area contributed by atoms with Gasteiger partial charge in [0.15, 0.2) is 12.4 Å². The Morgan fingerprint density at radius 2 is 1.51 bits per heavy atom. The van der Waals surface area contributed by atoms with Crippen LogP contribution in [0.3, 0.4) is 0 Å². The van der Waals surface area contributed by atoms with Gasteiger partial charge in [0.05, 0.1) is 0 Å². The third-order valence-electron chi connectivity index (χ3n) is 5.84. The standard InChI is InChI=1S/C25H25N5O.2C2HF3O2/c1-29-13-10-18(11-14-29)9-12-28-25(31)23-16-20-6-2-3-8-22(20)30(23)17-19-5-4-7-21(15-19)24(26)27;2*3-2(4,5)1(6)7/h2-8,10-11,13-16H,9,12,17H2,1H3,(H3-,26,27,28,31);2*(H,6,7). The summed E-state index contributed by atoms with van der Waals surface area (Å²) in [6.45, 7) is 1.08. The Morgan fingerprint density at radius 1 is 0.933 bits per heavy atom. The van der Waals surface area contributed by atoms with Crippen molar-refractivity contribution in [2.45, 2.75) is 25.3 Å². The van der Waals surface area contributed by atoms with Gasteiger partial charge in [-0.1, -0.05) is 36.4 Å². The van der Waals surface area contributed by atoms with Gasteiger partial charge in [-0.2, -0.15) is 26.3 Å². The second-order valence-corrected chi connectivity index (χ2v) is 9.25. The van der Waals surface area contributed by atoms with Crippen LogP contribution >= 0.6 is 0 Å². The Kier molecular flexibility index (Phi) is 12.2. The van der Waals surface area contributed by atoms with Crippen LogP contribution in [0.4, 0.5) is 26.3 Å². The number of carbonyl (C=O) groups is 3. The summed E-state index contributed by atoms with van der Waals surface area (Å²) in [4.78, 5) is 30.7. The van der Waals surface area contributed by atoms with E-state index < -0.39 is 24.3 Å². The van der Waals surface area contributed by atoms with Crippen LogP contribution < -0.4 is 20.7 Å². The largest absolute Gasteiger partial charge is 0.542 e. The number of rotatable bonds is 7. The second-order valence-electron chi connectivity index (χ2n) is 9.25. The Bertz CT molecular complexity index is 1630. The molecular formula is C29H27F6N5O5. The molecule has 0 unspecified atom stereocenters. The number of pyridine rings is 1. The predicted molar refractivity (Wildman–Crippen MR) is 147 cm³/mol. The normalized spacial score (nSPS) is 11.0. The van der Waals surface area contributed by atoms with Crippen LogP contribution in [0.5, 0.6) is 0 Å². The van der Waals surface area contributed by atoms with Gasteiger partial charge in [0.25, 0.3) is 5.91 Å². The molecule has 16 heteroatoms. The Hall–Kier alpha value is -5.41. The van der Waals surface area contributed by atoms with E-state index >= 15 is 0 Å². The van der Waals surface area contributed by atoms with Crippen LogP contribution in [0.1, 0.15) is 27.2 Å². The lowest BCUT2D eigenvalue weighted by Crippen LogP contribution is -2.37. The summed E-state index contributed by atoms with van der Waals surface area (Å²) in [5, 5.41) is 27.7. The molecule has 4 aromatic rings. The molecule has 2 aromatic carbocycles. The zero-order valence-corrected chi connectivity index (χ0v) is 23.4. The fourth-order valence-electron chi connectivity index (χ4n) is 3.70. The lowest BCUT2D eigenvalue weighted by molar-refractivity contribution is -0.671. The third kappa shape index (κ3) is 11.3. The van der Waals surface area contributed by atoms with Gasteiger partial charge in [-0.25, -0.2) is 9.36 Å². The van der Waals surface area contributed by atoms with Crippen LogP contribution in [0, 0.1) is 5.41 Å². The van der Waals surface area contributed by atoms with E-state index in [-0.39, 0.29) is 11.7 Å². The maximum atomic E-state index is 13.1. The molecule has 240 valence electrons. The van der Waals surface area contributed by atoms with E-state index in [1.807, 2.05) is 83.2 Å². The van der Waals surface area contributed by atoms with Gasteiger partial charge < -0.3 is 30.6 Å². The van der Waals surface area contributed by atoms with Crippen molar-refractivity contribution in [1.82, 2.24) is 9.88 Å². The molecule has 10 nitrogen and oxygen atoms in total. The molecule has 4 rings (SSSR count). The Balaban J connectivity index is 0.000000421. The number of para-hydroxylation sites is 1. The lowest BCUT2D eigenvalue weighted by atomic mass is 10.1. The number of aromatic nitrogens is 2. The maximum absolute atomic E-state index is 13.1. The van der Waals surface area contributed by atoms with Crippen molar-refractivity contribution < 1.29 is 55.5 Å². The number of nitrogens with two attached hydrogens (primary N) is 1. The monoisotopic (exact) mass is 639 g/mol. The minimum atomic E-state index is -5.19. The highest BCUT2D eigenvalue weighted by Crippen LogP contribution is 2.22. The summed E-state index contributed by atoms with van der Waals surface area (Å²) in [5.41, 5.74) is 10.1. The van der Waals surface area contributed by atoms with Crippen molar-refractivity contribution in [2.24, 2.45) is 12.8 Å². The van der Waals surface area contributed by atoms with E-state index in [0.717, 1.165) is 22.9 Å². The van der Waals surface area contributed by atoms with E-state index in [0.29, 0.717) is 24.3 Å². The number of benzene rings is 2. The van der Waals surface area contributed by atoms with Crippen LogP contribution in [0.2, 0.25) is 0 Å². The highest BCUT2D eigenvalue weighted by Gasteiger charge is 2.38. The zero-order valence-electron chi connectivity index (χ0n) is 23.4. The third-order valence-corrected chi connectivity index (χ3v) is 5.84. The van der Waals surface area contributed by atoms with Crippen molar-refractivity contribution in [3.63, 3.8) is 0 Å². The van der Waals surface area contributed by atoms with Gasteiger partial charge in [0, 0.05) is 41.7 Å². The number of halogens is 6. The number of amides is 1. The number of aliphatic carboxylic acids is 2. The summed E-state index contributed by atoms with van der Waals surface area (Å²) in [5.74, 6) is -5.83. The first kappa shape index (κ1) is 35.8. The summed E-state index contributed by atoms with van der Waals surface area (Å²) in [7, 11) is 1.98. The fraction of sp³-hybridized carbons (Fsp3) is 0.207. The average molecular weight is 640 g/mol. The number of alkyl halides is 6. The molecule has 0 saturated heterocycles. The van der Waals surface area contributed by atoms with Crippen LogP contribution in [0.15, 0.2) is 79.1 Å². The number of hydrogen-bond donors (Lipinski definition) is 4.